The van der Waals surface area contributed by atoms with Crippen LogP contribution in [0.5, 0.6) is 5.75 Å². The molecule has 1 heterocycles. The molecular weight excluding hydrogens is 387 g/mol. The average molecular weight is 416 g/mol. The smallest absolute Gasteiger partial charge is 0.419 e. The van der Waals surface area contributed by atoms with Gasteiger partial charge in [0, 0.05) is 25.2 Å². The summed E-state index contributed by atoms with van der Waals surface area (Å²) in [6, 6.07) is 4.47. The van der Waals surface area contributed by atoms with Crippen LogP contribution in [-0.2, 0) is 6.18 Å². The normalized spacial score (nSPS) is 19.2. The number of hydrogen-bond acceptors (Lipinski definition) is 4. The zero-order valence-electron chi connectivity index (χ0n) is 16.8. The summed E-state index contributed by atoms with van der Waals surface area (Å²) in [5.74, 6) is -0.200. The van der Waals surface area contributed by atoms with Crippen molar-refractivity contribution in [3.05, 3.63) is 35.4 Å². The van der Waals surface area contributed by atoms with E-state index in [1.807, 2.05) is 12.3 Å². The second kappa shape index (κ2) is 10.2. The Morgan fingerprint density at radius 3 is 2.75 bits per heavy atom. The van der Waals surface area contributed by atoms with E-state index in [-0.39, 0.29) is 5.75 Å². The summed E-state index contributed by atoms with van der Waals surface area (Å²) in [7, 11) is 3.02. The third kappa shape index (κ3) is 5.67. The molecule has 0 saturated carbocycles. The van der Waals surface area contributed by atoms with E-state index in [9.17, 15) is 13.2 Å². The zero-order chi connectivity index (χ0) is 20.7. The van der Waals surface area contributed by atoms with Gasteiger partial charge in [0.25, 0.3) is 0 Å². The minimum atomic E-state index is -4.46. The van der Waals surface area contributed by atoms with Gasteiger partial charge in [-0.15, -0.1) is 0 Å². The number of ether oxygens (including phenoxy) is 1. The van der Waals surface area contributed by atoms with Crippen LogP contribution >= 0.6 is 11.8 Å². The van der Waals surface area contributed by atoms with Crippen LogP contribution in [0, 0.1) is 0 Å². The SMILES string of the molecule is CCC1CCCN1C/C=C(/N=C(/NC)SC)c1ccc(C(F)(F)F)c(OC)c1. The number of methoxy groups -OCH3 is 1. The molecule has 1 aliphatic rings. The van der Waals surface area contributed by atoms with E-state index < -0.39 is 11.7 Å². The average Bonchev–Trinajstić information content (AvgIpc) is 3.14. The van der Waals surface area contributed by atoms with Crippen molar-refractivity contribution in [2.24, 2.45) is 4.99 Å². The summed E-state index contributed by atoms with van der Waals surface area (Å²) in [5, 5.41) is 3.70. The Morgan fingerprint density at radius 1 is 1.43 bits per heavy atom. The fraction of sp³-hybridized carbons (Fsp3) is 0.550. The van der Waals surface area contributed by atoms with Gasteiger partial charge in [0.2, 0.25) is 0 Å². The summed E-state index contributed by atoms with van der Waals surface area (Å²) in [6.45, 7) is 3.93. The molecule has 0 bridgehead atoms. The first-order valence-electron chi connectivity index (χ1n) is 9.34. The molecule has 1 aromatic carbocycles. The van der Waals surface area contributed by atoms with E-state index in [2.05, 4.69) is 22.1 Å². The molecule has 1 atom stereocenters. The van der Waals surface area contributed by atoms with Gasteiger partial charge in [0.15, 0.2) is 5.17 Å². The molecule has 28 heavy (non-hydrogen) atoms. The number of amidine groups is 1. The second-order valence-electron chi connectivity index (χ2n) is 6.57. The Balaban J connectivity index is 2.41. The molecule has 156 valence electrons. The molecule has 1 fully saturated rings. The molecule has 1 unspecified atom stereocenters. The molecule has 1 aromatic rings. The summed E-state index contributed by atoms with van der Waals surface area (Å²) >= 11 is 1.45. The van der Waals surface area contributed by atoms with Crippen molar-refractivity contribution in [2.75, 3.05) is 33.5 Å². The fourth-order valence-electron chi connectivity index (χ4n) is 3.43. The summed E-state index contributed by atoms with van der Waals surface area (Å²) in [6.07, 6.45) is 2.87. The number of likely N-dealkylation sites (tertiary alicyclic amines) is 1. The lowest BCUT2D eigenvalue weighted by atomic mass is 10.1. The first-order chi connectivity index (χ1) is 13.3. The lowest BCUT2D eigenvalue weighted by Gasteiger charge is -2.22. The van der Waals surface area contributed by atoms with Crippen LogP contribution in [0.25, 0.3) is 5.70 Å². The zero-order valence-corrected chi connectivity index (χ0v) is 17.6. The van der Waals surface area contributed by atoms with E-state index in [0.29, 0.717) is 29.0 Å². The largest absolute Gasteiger partial charge is 0.496 e. The fourth-order valence-corrected chi connectivity index (χ4v) is 3.82. The van der Waals surface area contributed by atoms with Crippen molar-refractivity contribution in [3.63, 3.8) is 0 Å². The Hall–Kier alpha value is -1.67. The van der Waals surface area contributed by atoms with Crippen molar-refractivity contribution >= 4 is 22.6 Å². The highest BCUT2D eigenvalue weighted by molar-refractivity contribution is 8.13. The van der Waals surface area contributed by atoms with Gasteiger partial charge in [-0.3, -0.25) is 4.90 Å². The van der Waals surface area contributed by atoms with Crippen LogP contribution in [0.3, 0.4) is 0 Å². The van der Waals surface area contributed by atoms with E-state index in [1.54, 1.807) is 7.05 Å². The van der Waals surface area contributed by atoms with E-state index in [0.717, 1.165) is 19.0 Å². The van der Waals surface area contributed by atoms with Crippen LogP contribution in [0.1, 0.15) is 37.3 Å². The van der Waals surface area contributed by atoms with Gasteiger partial charge in [-0.1, -0.05) is 24.8 Å². The third-order valence-corrected chi connectivity index (χ3v) is 5.60. The van der Waals surface area contributed by atoms with E-state index >= 15 is 0 Å². The summed E-state index contributed by atoms with van der Waals surface area (Å²) in [4.78, 5) is 7.03. The summed E-state index contributed by atoms with van der Waals surface area (Å²) < 4.78 is 44.5. The van der Waals surface area contributed by atoms with Gasteiger partial charge in [-0.05, 0) is 50.3 Å². The van der Waals surface area contributed by atoms with Gasteiger partial charge in [0.05, 0.1) is 18.4 Å². The number of nitrogens with one attached hydrogen (secondary N) is 1. The molecule has 1 aliphatic heterocycles. The molecule has 0 aromatic heterocycles. The first-order valence-corrected chi connectivity index (χ1v) is 10.6. The van der Waals surface area contributed by atoms with E-state index in [4.69, 9.17) is 4.74 Å². The van der Waals surface area contributed by atoms with Gasteiger partial charge >= 0.3 is 6.18 Å². The van der Waals surface area contributed by atoms with Crippen molar-refractivity contribution in [3.8, 4) is 5.75 Å². The van der Waals surface area contributed by atoms with Crippen LogP contribution < -0.4 is 10.1 Å². The molecule has 0 spiro atoms. The number of aliphatic imine (C=N–C) groups is 1. The van der Waals surface area contributed by atoms with Gasteiger partial charge in [-0.2, -0.15) is 13.2 Å². The van der Waals surface area contributed by atoms with Crippen molar-refractivity contribution in [2.45, 2.75) is 38.4 Å². The quantitative estimate of drug-likeness (QED) is 0.531. The second-order valence-corrected chi connectivity index (χ2v) is 7.37. The Kier molecular flexibility index (Phi) is 8.24. The number of benzene rings is 1. The Bertz CT molecular complexity index is 713. The standard InChI is InChI=1S/C20H28F3N3OS/c1-5-15-7-6-11-26(15)12-10-17(25-19(24-2)28-4)14-8-9-16(20(21,22)23)18(13-14)27-3/h8-10,13,15H,5-7,11-12H2,1-4H3,(H,24,25)/b17-10+. The Labute approximate surface area is 169 Å². The minimum Gasteiger partial charge on any atom is -0.496 e. The predicted molar refractivity (Wildman–Crippen MR) is 111 cm³/mol. The van der Waals surface area contributed by atoms with Crippen LogP contribution in [0.2, 0.25) is 0 Å². The Morgan fingerprint density at radius 2 is 2.18 bits per heavy atom. The lowest BCUT2D eigenvalue weighted by Crippen LogP contribution is -2.29. The molecular formula is C20H28F3N3OS. The predicted octanol–water partition coefficient (Wildman–Crippen LogP) is 4.87. The minimum absolute atomic E-state index is 0.200. The van der Waals surface area contributed by atoms with Crippen molar-refractivity contribution in [1.82, 2.24) is 10.2 Å². The molecule has 0 aliphatic carbocycles. The maximum absolute atomic E-state index is 13.2. The van der Waals surface area contributed by atoms with Gasteiger partial charge in [0.1, 0.15) is 5.75 Å². The molecule has 8 heteroatoms. The topological polar surface area (TPSA) is 36.9 Å². The highest BCUT2D eigenvalue weighted by Gasteiger charge is 2.34. The van der Waals surface area contributed by atoms with Crippen LogP contribution in [0.15, 0.2) is 29.3 Å². The number of rotatable bonds is 6. The molecule has 4 nitrogen and oxygen atoms in total. The molecule has 0 radical (unpaired) electrons. The highest BCUT2D eigenvalue weighted by atomic mass is 32.2. The van der Waals surface area contributed by atoms with Gasteiger partial charge in [-0.25, -0.2) is 4.99 Å². The maximum Gasteiger partial charge on any atom is 0.419 e. The highest BCUT2D eigenvalue weighted by Crippen LogP contribution is 2.37. The number of thioether (sulfide) groups is 1. The summed E-state index contributed by atoms with van der Waals surface area (Å²) in [5.41, 5.74) is 0.442. The monoisotopic (exact) mass is 415 g/mol. The number of halogens is 3. The number of hydrogen-bond donors (Lipinski definition) is 1. The maximum atomic E-state index is 13.2. The molecule has 2 rings (SSSR count). The lowest BCUT2D eigenvalue weighted by molar-refractivity contribution is -0.138. The van der Waals surface area contributed by atoms with E-state index in [1.165, 1.54) is 43.8 Å². The van der Waals surface area contributed by atoms with Crippen LogP contribution in [0.4, 0.5) is 13.2 Å². The molecule has 1 saturated heterocycles. The van der Waals surface area contributed by atoms with Crippen molar-refractivity contribution < 1.29 is 17.9 Å². The van der Waals surface area contributed by atoms with Crippen LogP contribution in [-0.4, -0.2) is 49.6 Å². The molecule has 0 amide bonds. The van der Waals surface area contributed by atoms with Crippen molar-refractivity contribution in [1.29, 1.82) is 0 Å². The van der Waals surface area contributed by atoms with Gasteiger partial charge < -0.3 is 10.1 Å². The molecule has 1 N–H and O–H groups in total. The first kappa shape index (κ1) is 22.6. The third-order valence-electron chi connectivity index (χ3n) is 4.92. The number of alkyl halides is 3. The number of nitrogens with zero attached hydrogens (tertiary/aromatic N) is 2.